The number of rotatable bonds is 4. The van der Waals surface area contributed by atoms with Gasteiger partial charge in [-0.05, 0) is 23.8 Å². The third-order valence-electron chi connectivity index (χ3n) is 2.67. The number of nitrogens with two attached hydrogens (primary N) is 1. The molecule has 2 rings (SSSR count). The van der Waals surface area contributed by atoms with E-state index in [9.17, 15) is 14.3 Å². The molecule has 0 heterocycles. The highest BCUT2D eigenvalue weighted by atomic mass is 35.5. The number of benzene rings is 2. The summed E-state index contributed by atoms with van der Waals surface area (Å²) in [5.41, 5.74) is 6.63. The van der Waals surface area contributed by atoms with Gasteiger partial charge in [-0.25, -0.2) is 0 Å². The molecule has 2 aromatic rings. The van der Waals surface area contributed by atoms with Gasteiger partial charge in [0.1, 0.15) is 4.90 Å². The summed E-state index contributed by atoms with van der Waals surface area (Å²) in [6.45, 7) is 0. The lowest BCUT2D eigenvalue weighted by atomic mass is 10.2. The van der Waals surface area contributed by atoms with E-state index in [1.165, 1.54) is 12.1 Å². The molecule has 104 valence electrons. The Morgan fingerprint density at radius 3 is 2.60 bits per heavy atom. The van der Waals surface area contributed by atoms with Gasteiger partial charge in [0.25, 0.3) is 5.69 Å². The molecule has 0 aliphatic rings. The SMILES string of the molecule is Nc1cc(CS(=O)c2ccccc2[N+](=O)[O-])ccc1Cl. The van der Waals surface area contributed by atoms with Gasteiger partial charge in [-0.2, -0.15) is 0 Å². The van der Waals surface area contributed by atoms with Crippen LogP contribution >= 0.6 is 11.6 Å². The highest BCUT2D eigenvalue weighted by Crippen LogP contribution is 2.25. The average molecular weight is 311 g/mol. The van der Waals surface area contributed by atoms with E-state index in [-0.39, 0.29) is 16.3 Å². The Labute approximate surface area is 123 Å². The van der Waals surface area contributed by atoms with Crippen LogP contribution < -0.4 is 5.73 Å². The Balaban J connectivity index is 2.28. The lowest BCUT2D eigenvalue weighted by Crippen LogP contribution is -2.01. The van der Waals surface area contributed by atoms with Gasteiger partial charge < -0.3 is 5.73 Å². The van der Waals surface area contributed by atoms with Crippen molar-refractivity contribution in [3.05, 3.63) is 63.2 Å². The summed E-state index contributed by atoms with van der Waals surface area (Å²) in [5, 5.41) is 11.3. The summed E-state index contributed by atoms with van der Waals surface area (Å²) in [6.07, 6.45) is 0. The number of nitro groups is 1. The van der Waals surface area contributed by atoms with Gasteiger partial charge in [0.15, 0.2) is 0 Å². The summed E-state index contributed by atoms with van der Waals surface area (Å²) in [5.74, 6) is 0.145. The zero-order valence-corrected chi connectivity index (χ0v) is 11.9. The number of nitrogen functional groups attached to an aromatic ring is 1. The molecule has 1 unspecified atom stereocenters. The van der Waals surface area contributed by atoms with Crippen molar-refractivity contribution < 1.29 is 9.13 Å². The predicted octanol–water partition coefficient (Wildman–Crippen LogP) is 3.14. The fourth-order valence-corrected chi connectivity index (χ4v) is 3.07. The second-order valence-electron chi connectivity index (χ2n) is 4.07. The summed E-state index contributed by atoms with van der Waals surface area (Å²) in [4.78, 5) is 10.6. The number of anilines is 1. The zero-order valence-electron chi connectivity index (χ0n) is 10.3. The van der Waals surface area contributed by atoms with Gasteiger partial charge in [-0.15, -0.1) is 0 Å². The van der Waals surface area contributed by atoms with Crippen molar-refractivity contribution >= 4 is 33.8 Å². The first-order valence-electron chi connectivity index (χ1n) is 5.64. The first-order valence-corrected chi connectivity index (χ1v) is 7.34. The molecule has 2 aromatic carbocycles. The lowest BCUT2D eigenvalue weighted by molar-refractivity contribution is -0.387. The van der Waals surface area contributed by atoms with Crippen LogP contribution in [0.25, 0.3) is 0 Å². The van der Waals surface area contributed by atoms with Crippen LogP contribution in [0.3, 0.4) is 0 Å². The Bertz CT molecular complexity index is 691. The van der Waals surface area contributed by atoms with Crippen LogP contribution in [0.1, 0.15) is 5.56 Å². The van der Waals surface area contributed by atoms with Crippen molar-refractivity contribution in [2.45, 2.75) is 10.6 Å². The highest BCUT2D eigenvalue weighted by molar-refractivity contribution is 7.84. The average Bonchev–Trinajstić information content (AvgIpc) is 2.43. The minimum atomic E-state index is -1.52. The third-order valence-corrected chi connectivity index (χ3v) is 4.44. The number of nitrogens with zero attached hydrogens (tertiary/aromatic N) is 1. The third kappa shape index (κ3) is 3.15. The minimum Gasteiger partial charge on any atom is -0.398 e. The molecule has 0 fully saturated rings. The molecule has 0 radical (unpaired) electrons. The molecule has 0 spiro atoms. The van der Waals surface area contributed by atoms with Crippen molar-refractivity contribution in [2.75, 3.05) is 5.73 Å². The minimum absolute atomic E-state index is 0.145. The lowest BCUT2D eigenvalue weighted by Gasteiger charge is -2.05. The van der Waals surface area contributed by atoms with Crippen molar-refractivity contribution in [1.29, 1.82) is 0 Å². The van der Waals surface area contributed by atoms with Gasteiger partial charge in [-0.3, -0.25) is 14.3 Å². The number of hydrogen-bond donors (Lipinski definition) is 1. The summed E-state index contributed by atoms with van der Waals surface area (Å²) in [7, 11) is -1.52. The standard InChI is InChI=1S/C13H11ClN2O3S/c14-10-6-5-9(7-11(10)15)8-20(19)13-4-2-1-3-12(13)16(17)18/h1-7H,8,15H2. The van der Waals surface area contributed by atoms with Crippen LogP contribution in [0.4, 0.5) is 11.4 Å². The number of para-hydroxylation sites is 1. The Kier molecular flexibility index (Phi) is 4.36. The molecule has 0 amide bonds. The maximum atomic E-state index is 12.3. The van der Waals surface area contributed by atoms with Crippen LogP contribution in [0.2, 0.25) is 5.02 Å². The maximum Gasteiger partial charge on any atom is 0.285 e. The topological polar surface area (TPSA) is 86.2 Å². The van der Waals surface area contributed by atoms with Gasteiger partial charge in [0.05, 0.1) is 32.2 Å². The fourth-order valence-electron chi connectivity index (χ4n) is 1.71. The van der Waals surface area contributed by atoms with Crippen molar-refractivity contribution in [1.82, 2.24) is 0 Å². The van der Waals surface area contributed by atoms with E-state index in [1.54, 1.807) is 30.3 Å². The van der Waals surface area contributed by atoms with Crippen LogP contribution in [0.5, 0.6) is 0 Å². The number of nitro benzene ring substituents is 1. The molecule has 0 aliphatic carbocycles. The molecule has 0 saturated heterocycles. The largest absolute Gasteiger partial charge is 0.398 e. The van der Waals surface area contributed by atoms with E-state index in [0.717, 1.165) is 0 Å². The van der Waals surface area contributed by atoms with Crippen molar-refractivity contribution in [3.63, 3.8) is 0 Å². The number of halogens is 1. The van der Waals surface area contributed by atoms with E-state index >= 15 is 0 Å². The summed E-state index contributed by atoms with van der Waals surface area (Å²) < 4.78 is 12.3. The molecule has 1 atom stereocenters. The molecule has 0 aromatic heterocycles. The monoisotopic (exact) mass is 310 g/mol. The fraction of sp³-hybridized carbons (Fsp3) is 0.0769. The molecule has 0 saturated carbocycles. The van der Waals surface area contributed by atoms with Gasteiger partial charge >= 0.3 is 0 Å². The summed E-state index contributed by atoms with van der Waals surface area (Å²) in [6, 6.07) is 10.9. The number of hydrogen-bond acceptors (Lipinski definition) is 4. The smallest absolute Gasteiger partial charge is 0.285 e. The van der Waals surface area contributed by atoms with E-state index in [2.05, 4.69) is 0 Å². The zero-order chi connectivity index (χ0) is 14.7. The second kappa shape index (κ2) is 6.02. The quantitative estimate of drug-likeness (QED) is 0.534. The molecule has 0 aliphatic heterocycles. The second-order valence-corrected chi connectivity index (χ2v) is 5.90. The molecular formula is C13H11ClN2O3S. The Morgan fingerprint density at radius 1 is 1.25 bits per heavy atom. The maximum absolute atomic E-state index is 12.3. The molecule has 0 bridgehead atoms. The molecule has 7 heteroatoms. The molecule has 20 heavy (non-hydrogen) atoms. The highest BCUT2D eigenvalue weighted by Gasteiger charge is 2.18. The van der Waals surface area contributed by atoms with Gasteiger partial charge in [0.2, 0.25) is 0 Å². The van der Waals surface area contributed by atoms with Crippen LogP contribution in [-0.4, -0.2) is 9.13 Å². The molecule has 5 nitrogen and oxygen atoms in total. The van der Waals surface area contributed by atoms with Crippen LogP contribution in [0.15, 0.2) is 47.4 Å². The van der Waals surface area contributed by atoms with Crippen molar-refractivity contribution in [2.24, 2.45) is 0 Å². The van der Waals surface area contributed by atoms with E-state index in [0.29, 0.717) is 16.3 Å². The first kappa shape index (κ1) is 14.5. The normalized spacial score (nSPS) is 12.1. The van der Waals surface area contributed by atoms with E-state index < -0.39 is 15.7 Å². The van der Waals surface area contributed by atoms with Crippen LogP contribution in [0, 0.1) is 10.1 Å². The van der Waals surface area contributed by atoms with E-state index in [1.807, 2.05) is 0 Å². The summed E-state index contributed by atoms with van der Waals surface area (Å²) >= 11 is 5.81. The van der Waals surface area contributed by atoms with Crippen molar-refractivity contribution in [3.8, 4) is 0 Å². The molecule has 2 N–H and O–H groups in total. The van der Waals surface area contributed by atoms with Gasteiger partial charge in [0, 0.05) is 6.07 Å². The predicted molar refractivity (Wildman–Crippen MR) is 79.1 cm³/mol. The van der Waals surface area contributed by atoms with E-state index in [4.69, 9.17) is 17.3 Å². The Morgan fingerprint density at radius 2 is 1.95 bits per heavy atom. The van der Waals surface area contributed by atoms with Crippen LogP contribution in [-0.2, 0) is 16.6 Å². The molecular weight excluding hydrogens is 300 g/mol. The Hall–Kier alpha value is -1.92. The first-order chi connectivity index (χ1) is 9.49. The van der Waals surface area contributed by atoms with Gasteiger partial charge in [-0.1, -0.05) is 29.8 Å².